The minimum Gasteiger partial charge on any atom is -0.496 e. The summed E-state index contributed by atoms with van der Waals surface area (Å²) in [6.45, 7) is 0.926. The molecule has 1 amide bonds. The number of rotatable bonds is 8. The highest BCUT2D eigenvalue weighted by atomic mass is 32.1. The van der Waals surface area contributed by atoms with Crippen molar-refractivity contribution in [2.24, 2.45) is 5.73 Å². The average Bonchev–Trinajstić information content (AvgIpc) is 3.21. The van der Waals surface area contributed by atoms with Crippen molar-refractivity contribution in [3.63, 3.8) is 0 Å². The second-order valence-corrected chi connectivity index (χ2v) is 8.76. The van der Waals surface area contributed by atoms with Crippen LogP contribution in [-0.4, -0.2) is 36.7 Å². The van der Waals surface area contributed by atoms with Gasteiger partial charge in [0, 0.05) is 43.8 Å². The number of nitrogens with one attached hydrogen (secondary N) is 1. The van der Waals surface area contributed by atoms with Crippen LogP contribution >= 0.6 is 12.2 Å². The maximum Gasteiger partial charge on any atom is 0.268 e. The molecule has 4 rings (SSSR count). The summed E-state index contributed by atoms with van der Waals surface area (Å²) < 4.78 is 7.55. The van der Waals surface area contributed by atoms with Gasteiger partial charge in [0.2, 0.25) is 0 Å². The minimum absolute atomic E-state index is 0.152. The Bertz CT molecular complexity index is 1340. The molecule has 0 aliphatic heterocycles. The number of benzene rings is 3. The van der Waals surface area contributed by atoms with Gasteiger partial charge < -0.3 is 25.3 Å². The zero-order valence-electron chi connectivity index (χ0n) is 19.5. The highest BCUT2D eigenvalue weighted by Gasteiger charge is 2.18. The third-order valence-electron chi connectivity index (χ3n) is 5.82. The van der Waals surface area contributed by atoms with Gasteiger partial charge in [0.15, 0.2) is 0 Å². The maximum absolute atomic E-state index is 13.3. The molecule has 0 aliphatic carbocycles. The van der Waals surface area contributed by atoms with Gasteiger partial charge in [-0.3, -0.25) is 4.79 Å². The summed E-state index contributed by atoms with van der Waals surface area (Å²) in [7, 11) is 5.64. The molecule has 0 saturated heterocycles. The largest absolute Gasteiger partial charge is 0.496 e. The second-order valence-electron chi connectivity index (χ2n) is 8.32. The molecule has 1 heterocycles. The molecule has 3 aromatic carbocycles. The number of fused-ring (bicyclic) bond motifs is 1. The van der Waals surface area contributed by atoms with Crippen LogP contribution in [0.2, 0.25) is 0 Å². The summed E-state index contributed by atoms with van der Waals surface area (Å²) >= 11 is 5.14. The predicted octanol–water partition coefficient (Wildman–Crippen LogP) is 4.33. The van der Waals surface area contributed by atoms with Gasteiger partial charge in [0.1, 0.15) is 16.4 Å². The lowest BCUT2D eigenvalue weighted by atomic mass is 10.1. The number of carbonyl (C=O) groups excluding carboxylic acids is 1. The first-order valence-corrected chi connectivity index (χ1v) is 11.4. The van der Waals surface area contributed by atoms with Crippen LogP contribution in [-0.2, 0) is 13.1 Å². The smallest absolute Gasteiger partial charge is 0.268 e. The molecule has 0 spiro atoms. The fourth-order valence-corrected chi connectivity index (χ4v) is 4.11. The van der Waals surface area contributed by atoms with Crippen LogP contribution in [0.15, 0.2) is 72.8 Å². The summed E-state index contributed by atoms with van der Waals surface area (Å²) in [5.74, 6) is 0.571. The number of thiocarbonyl (C=S) groups is 1. The Labute approximate surface area is 204 Å². The van der Waals surface area contributed by atoms with Gasteiger partial charge in [-0.2, -0.15) is 0 Å². The summed E-state index contributed by atoms with van der Waals surface area (Å²) in [5, 5.41) is 3.95. The van der Waals surface area contributed by atoms with Crippen molar-refractivity contribution in [3.05, 3.63) is 95.2 Å². The fraction of sp³-hybridized carbons (Fsp3) is 0.185. The van der Waals surface area contributed by atoms with E-state index in [1.165, 1.54) is 0 Å². The Balaban J connectivity index is 1.66. The SMILES string of the molecule is COc1cccc2c1cc(C(=O)NCc1ccc(N(C)C)cc1)n2Cc1cccc(C(N)=S)c1. The molecule has 0 saturated carbocycles. The molecule has 0 radical (unpaired) electrons. The number of anilines is 1. The molecule has 0 fully saturated rings. The van der Waals surface area contributed by atoms with E-state index in [0.717, 1.165) is 39.0 Å². The lowest BCUT2D eigenvalue weighted by Gasteiger charge is -2.14. The van der Waals surface area contributed by atoms with E-state index < -0.39 is 0 Å². The van der Waals surface area contributed by atoms with Crippen LogP contribution in [0.3, 0.4) is 0 Å². The number of hydrogen-bond donors (Lipinski definition) is 2. The fourth-order valence-electron chi connectivity index (χ4n) is 3.98. The van der Waals surface area contributed by atoms with Crippen LogP contribution in [0.1, 0.15) is 27.2 Å². The van der Waals surface area contributed by atoms with E-state index in [0.29, 0.717) is 23.8 Å². The zero-order valence-corrected chi connectivity index (χ0v) is 20.4. The van der Waals surface area contributed by atoms with Crippen LogP contribution in [0.25, 0.3) is 10.9 Å². The first-order chi connectivity index (χ1) is 16.4. The van der Waals surface area contributed by atoms with Crippen molar-refractivity contribution < 1.29 is 9.53 Å². The lowest BCUT2D eigenvalue weighted by Crippen LogP contribution is -2.25. The number of methoxy groups -OCH3 is 1. The monoisotopic (exact) mass is 472 g/mol. The Morgan fingerprint density at radius 3 is 2.44 bits per heavy atom. The second kappa shape index (κ2) is 9.97. The normalized spacial score (nSPS) is 10.8. The van der Waals surface area contributed by atoms with Gasteiger partial charge in [-0.15, -0.1) is 0 Å². The standard InChI is InChI=1S/C27H28N4O2S/c1-30(2)21-12-10-18(11-13-21)16-29-27(32)24-15-22-23(8-5-9-25(22)33-3)31(24)17-19-6-4-7-20(14-19)26(28)34/h4-15H,16-17H2,1-3H3,(H2,28,34)(H,29,32). The molecule has 1 aromatic heterocycles. The Morgan fingerprint density at radius 2 is 1.76 bits per heavy atom. The molecule has 0 aliphatic rings. The number of ether oxygens (including phenoxy) is 1. The third kappa shape index (κ3) is 4.89. The van der Waals surface area contributed by atoms with Gasteiger partial charge in [-0.05, 0) is 47.5 Å². The average molecular weight is 473 g/mol. The summed E-state index contributed by atoms with van der Waals surface area (Å²) in [6.07, 6.45) is 0. The Kier molecular flexibility index (Phi) is 6.84. The molecule has 34 heavy (non-hydrogen) atoms. The van der Waals surface area contributed by atoms with E-state index >= 15 is 0 Å². The summed E-state index contributed by atoms with van der Waals surface area (Å²) in [6, 6.07) is 23.6. The van der Waals surface area contributed by atoms with E-state index in [4.69, 9.17) is 22.7 Å². The molecule has 6 nitrogen and oxygen atoms in total. The van der Waals surface area contributed by atoms with Crippen molar-refractivity contribution in [1.29, 1.82) is 0 Å². The van der Waals surface area contributed by atoms with Crippen molar-refractivity contribution in [2.75, 3.05) is 26.1 Å². The van der Waals surface area contributed by atoms with Crippen molar-refractivity contribution in [1.82, 2.24) is 9.88 Å². The van der Waals surface area contributed by atoms with E-state index in [2.05, 4.69) is 5.32 Å². The van der Waals surface area contributed by atoms with Crippen LogP contribution in [0.5, 0.6) is 5.75 Å². The van der Waals surface area contributed by atoms with Gasteiger partial charge in [-0.25, -0.2) is 0 Å². The highest BCUT2D eigenvalue weighted by Crippen LogP contribution is 2.30. The number of carbonyl (C=O) groups is 1. The lowest BCUT2D eigenvalue weighted by molar-refractivity contribution is 0.0942. The van der Waals surface area contributed by atoms with Crippen LogP contribution < -0.4 is 20.7 Å². The van der Waals surface area contributed by atoms with Crippen LogP contribution in [0, 0.1) is 0 Å². The zero-order chi connectivity index (χ0) is 24.2. The number of nitrogens with two attached hydrogens (primary N) is 1. The Morgan fingerprint density at radius 1 is 1.03 bits per heavy atom. The molecule has 0 unspecified atom stereocenters. The highest BCUT2D eigenvalue weighted by molar-refractivity contribution is 7.80. The first kappa shape index (κ1) is 23.3. The van der Waals surface area contributed by atoms with Crippen molar-refractivity contribution >= 4 is 39.7 Å². The minimum atomic E-state index is -0.152. The van der Waals surface area contributed by atoms with E-state index in [1.54, 1.807) is 7.11 Å². The first-order valence-electron chi connectivity index (χ1n) is 11.0. The molecule has 3 N–H and O–H groups in total. The predicted molar refractivity (Wildman–Crippen MR) is 142 cm³/mol. The summed E-state index contributed by atoms with van der Waals surface area (Å²) in [4.78, 5) is 15.7. The topological polar surface area (TPSA) is 72.5 Å². The molecule has 174 valence electrons. The van der Waals surface area contributed by atoms with Gasteiger partial charge in [0.25, 0.3) is 5.91 Å². The third-order valence-corrected chi connectivity index (χ3v) is 6.05. The Hall–Kier alpha value is -3.84. The summed E-state index contributed by atoms with van der Waals surface area (Å²) in [5.41, 5.74) is 11.2. The molecule has 0 bridgehead atoms. The van der Waals surface area contributed by atoms with Gasteiger partial charge in [-0.1, -0.05) is 48.6 Å². The molecule has 7 heteroatoms. The number of hydrogen-bond acceptors (Lipinski definition) is 4. The molecular weight excluding hydrogens is 444 g/mol. The molecule has 4 aromatic rings. The van der Waals surface area contributed by atoms with Crippen LogP contribution in [0.4, 0.5) is 5.69 Å². The van der Waals surface area contributed by atoms with Crippen molar-refractivity contribution in [2.45, 2.75) is 13.1 Å². The molecular formula is C27H28N4O2S. The van der Waals surface area contributed by atoms with E-state index in [1.807, 2.05) is 96.4 Å². The number of aromatic nitrogens is 1. The van der Waals surface area contributed by atoms with Crippen molar-refractivity contribution in [3.8, 4) is 5.75 Å². The number of amides is 1. The van der Waals surface area contributed by atoms with Gasteiger partial charge >= 0.3 is 0 Å². The quantitative estimate of drug-likeness (QED) is 0.374. The number of nitrogens with zero attached hydrogens (tertiary/aromatic N) is 2. The van der Waals surface area contributed by atoms with E-state index in [9.17, 15) is 4.79 Å². The maximum atomic E-state index is 13.3. The molecule has 0 atom stereocenters. The van der Waals surface area contributed by atoms with Gasteiger partial charge in [0.05, 0.1) is 12.6 Å². The van der Waals surface area contributed by atoms with E-state index in [-0.39, 0.29) is 5.91 Å².